The number of rotatable bonds is 7. The molecule has 1 aliphatic heterocycles. The van der Waals surface area contributed by atoms with E-state index < -0.39 is 24.0 Å². The van der Waals surface area contributed by atoms with Gasteiger partial charge in [0.15, 0.2) is 6.10 Å². The number of carboxylic acid groups (broad SMARTS) is 1. The molecule has 0 bridgehead atoms. The van der Waals surface area contributed by atoms with Crippen LogP contribution in [0, 0.1) is 0 Å². The molecule has 24 heavy (non-hydrogen) atoms. The Morgan fingerprint density at radius 1 is 1.38 bits per heavy atom. The summed E-state index contributed by atoms with van der Waals surface area (Å²) < 4.78 is 5.51. The van der Waals surface area contributed by atoms with Gasteiger partial charge in [0.25, 0.3) is 5.91 Å². The topological polar surface area (TPSA) is 95.9 Å². The first-order chi connectivity index (χ1) is 11.4. The number of carboxylic acids is 1. The highest BCUT2D eigenvalue weighted by Gasteiger charge is 2.33. The lowest BCUT2D eigenvalue weighted by Gasteiger charge is -2.32. The van der Waals surface area contributed by atoms with E-state index in [-0.39, 0.29) is 12.5 Å². The zero-order valence-electron chi connectivity index (χ0n) is 13.8. The van der Waals surface area contributed by atoms with E-state index in [1.807, 2.05) is 6.92 Å². The van der Waals surface area contributed by atoms with Crippen LogP contribution in [0.4, 0.5) is 5.69 Å². The smallest absolute Gasteiger partial charge is 0.326 e. The summed E-state index contributed by atoms with van der Waals surface area (Å²) in [6, 6.07) is 6.01. The van der Waals surface area contributed by atoms with Crippen molar-refractivity contribution in [3.8, 4) is 5.75 Å². The Hall–Kier alpha value is -2.57. The quantitative estimate of drug-likeness (QED) is 0.789. The molecule has 130 valence electrons. The van der Waals surface area contributed by atoms with E-state index in [0.29, 0.717) is 24.3 Å². The van der Waals surface area contributed by atoms with Crippen LogP contribution in [0.5, 0.6) is 5.75 Å². The van der Waals surface area contributed by atoms with Gasteiger partial charge in [0.2, 0.25) is 5.91 Å². The van der Waals surface area contributed by atoms with Crippen molar-refractivity contribution in [1.82, 2.24) is 5.32 Å². The lowest BCUT2D eigenvalue weighted by atomic mass is 10.1. The van der Waals surface area contributed by atoms with Crippen molar-refractivity contribution in [2.24, 2.45) is 0 Å². The number of carbonyl (C=O) groups excluding carboxylic acids is 2. The Morgan fingerprint density at radius 3 is 2.75 bits per heavy atom. The predicted octanol–water partition coefficient (Wildman–Crippen LogP) is 1.56. The first-order valence-electron chi connectivity index (χ1n) is 8.03. The number of carbonyl (C=O) groups is 3. The number of aliphatic carboxylic acids is 1. The van der Waals surface area contributed by atoms with Crippen molar-refractivity contribution in [2.45, 2.75) is 45.3 Å². The van der Waals surface area contributed by atoms with Gasteiger partial charge in [-0.15, -0.1) is 0 Å². The van der Waals surface area contributed by atoms with Crippen LogP contribution in [0.25, 0.3) is 0 Å². The molecule has 1 heterocycles. The molecule has 1 unspecified atom stereocenters. The van der Waals surface area contributed by atoms with E-state index >= 15 is 0 Å². The number of fused-ring (bicyclic) bond motifs is 1. The summed E-state index contributed by atoms with van der Waals surface area (Å²) in [5.41, 5.74) is 0.510. The van der Waals surface area contributed by atoms with Gasteiger partial charge in [0, 0.05) is 0 Å². The molecule has 1 aromatic carbocycles. The average molecular weight is 334 g/mol. The number of para-hydroxylation sites is 2. The van der Waals surface area contributed by atoms with E-state index in [9.17, 15) is 19.5 Å². The summed E-state index contributed by atoms with van der Waals surface area (Å²) >= 11 is 0. The minimum atomic E-state index is -1.07. The molecule has 0 fully saturated rings. The number of amides is 2. The molecule has 0 aromatic heterocycles. The van der Waals surface area contributed by atoms with Crippen molar-refractivity contribution in [3.63, 3.8) is 0 Å². The standard InChI is InChI=1S/C17H22N2O5/c1-3-4-7-12(17(22)23)18-15(20)10-19-13-8-5-6-9-14(13)24-11(2)16(19)21/h5-6,8-9,11-12H,3-4,7,10H2,1-2H3,(H,18,20)(H,22,23)/t11?,12-/m0/s1. The molecule has 0 saturated carbocycles. The molecular formula is C17H22N2O5. The Kier molecular flexibility index (Phi) is 5.78. The number of unbranched alkanes of at least 4 members (excludes halogenated alkanes) is 1. The summed E-state index contributed by atoms with van der Waals surface area (Å²) in [6.07, 6.45) is 1.21. The summed E-state index contributed by atoms with van der Waals surface area (Å²) in [5, 5.41) is 11.7. The van der Waals surface area contributed by atoms with Gasteiger partial charge in [-0.05, 0) is 25.5 Å². The van der Waals surface area contributed by atoms with Crippen LogP contribution >= 0.6 is 0 Å². The molecular weight excluding hydrogens is 312 g/mol. The van der Waals surface area contributed by atoms with Crippen LogP contribution < -0.4 is 15.0 Å². The molecule has 0 radical (unpaired) electrons. The number of hydrogen-bond acceptors (Lipinski definition) is 4. The van der Waals surface area contributed by atoms with Crippen molar-refractivity contribution >= 4 is 23.5 Å². The molecule has 2 rings (SSSR count). The third-order valence-electron chi connectivity index (χ3n) is 3.85. The van der Waals surface area contributed by atoms with E-state index in [1.165, 1.54) is 4.90 Å². The molecule has 0 saturated heterocycles. The van der Waals surface area contributed by atoms with Crippen LogP contribution in [-0.2, 0) is 14.4 Å². The van der Waals surface area contributed by atoms with E-state index in [4.69, 9.17) is 4.74 Å². The van der Waals surface area contributed by atoms with Crippen LogP contribution in [0.2, 0.25) is 0 Å². The normalized spacial score (nSPS) is 17.7. The van der Waals surface area contributed by atoms with Crippen LogP contribution in [0.15, 0.2) is 24.3 Å². The number of ether oxygens (including phenoxy) is 1. The Labute approximate surface area is 140 Å². The largest absolute Gasteiger partial charge is 0.480 e. The van der Waals surface area contributed by atoms with Crippen molar-refractivity contribution in [3.05, 3.63) is 24.3 Å². The maximum atomic E-state index is 12.3. The maximum absolute atomic E-state index is 12.3. The molecule has 1 aliphatic rings. The lowest BCUT2D eigenvalue weighted by Crippen LogP contribution is -2.51. The summed E-state index contributed by atoms with van der Waals surface area (Å²) in [7, 11) is 0. The van der Waals surface area contributed by atoms with Gasteiger partial charge in [-0.3, -0.25) is 14.5 Å². The molecule has 2 atom stereocenters. The Balaban J connectivity index is 2.10. The second kappa shape index (κ2) is 7.81. The third-order valence-corrected chi connectivity index (χ3v) is 3.85. The second-order valence-corrected chi connectivity index (χ2v) is 5.75. The zero-order valence-corrected chi connectivity index (χ0v) is 13.8. The van der Waals surface area contributed by atoms with Crippen molar-refractivity contribution < 1.29 is 24.2 Å². The van der Waals surface area contributed by atoms with Crippen LogP contribution in [-0.4, -0.2) is 41.6 Å². The molecule has 1 aromatic rings. The first kappa shape index (κ1) is 17.8. The van der Waals surface area contributed by atoms with Gasteiger partial charge in [-0.2, -0.15) is 0 Å². The van der Waals surface area contributed by atoms with Gasteiger partial charge in [0.1, 0.15) is 18.3 Å². The van der Waals surface area contributed by atoms with Gasteiger partial charge in [-0.25, -0.2) is 4.79 Å². The summed E-state index contributed by atoms with van der Waals surface area (Å²) in [6.45, 7) is 3.33. The van der Waals surface area contributed by atoms with E-state index in [1.54, 1.807) is 31.2 Å². The van der Waals surface area contributed by atoms with E-state index in [2.05, 4.69) is 5.32 Å². The third kappa shape index (κ3) is 4.04. The Morgan fingerprint density at radius 2 is 2.08 bits per heavy atom. The molecule has 7 nitrogen and oxygen atoms in total. The number of benzene rings is 1. The van der Waals surface area contributed by atoms with Crippen molar-refractivity contribution in [2.75, 3.05) is 11.4 Å². The van der Waals surface area contributed by atoms with Crippen LogP contribution in [0.1, 0.15) is 33.1 Å². The highest BCUT2D eigenvalue weighted by Crippen LogP contribution is 2.33. The minimum Gasteiger partial charge on any atom is -0.480 e. The molecule has 2 amide bonds. The molecule has 2 N–H and O–H groups in total. The first-order valence-corrected chi connectivity index (χ1v) is 8.03. The molecule has 0 spiro atoms. The fraction of sp³-hybridized carbons (Fsp3) is 0.471. The zero-order chi connectivity index (χ0) is 17.7. The lowest BCUT2D eigenvalue weighted by molar-refractivity contribution is -0.141. The monoisotopic (exact) mass is 334 g/mol. The fourth-order valence-electron chi connectivity index (χ4n) is 2.57. The van der Waals surface area contributed by atoms with Crippen LogP contribution in [0.3, 0.4) is 0 Å². The Bertz CT molecular complexity index is 631. The summed E-state index contributed by atoms with van der Waals surface area (Å²) in [5.74, 6) is -1.38. The highest BCUT2D eigenvalue weighted by molar-refractivity contribution is 6.04. The SMILES string of the molecule is CCCC[C@H](NC(=O)CN1C(=O)C(C)Oc2ccccc21)C(=O)O. The van der Waals surface area contributed by atoms with Gasteiger partial charge in [0.05, 0.1) is 5.69 Å². The number of nitrogens with zero attached hydrogens (tertiary/aromatic N) is 1. The van der Waals surface area contributed by atoms with Crippen molar-refractivity contribution in [1.29, 1.82) is 0 Å². The molecule has 0 aliphatic carbocycles. The fourth-order valence-corrected chi connectivity index (χ4v) is 2.57. The second-order valence-electron chi connectivity index (χ2n) is 5.75. The molecule has 7 heteroatoms. The number of nitrogens with one attached hydrogen (secondary N) is 1. The van der Waals surface area contributed by atoms with E-state index in [0.717, 1.165) is 6.42 Å². The maximum Gasteiger partial charge on any atom is 0.326 e. The number of hydrogen-bond donors (Lipinski definition) is 2. The van der Waals surface area contributed by atoms with Gasteiger partial charge >= 0.3 is 5.97 Å². The van der Waals surface area contributed by atoms with Gasteiger partial charge < -0.3 is 15.2 Å². The average Bonchev–Trinajstić information content (AvgIpc) is 2.55. The van der Waals surface area contributed by atoms with Gasteiger partial charge in [-0.1, -0.05) is 31.9 Å². The predicted molar refractivity (Wildman–Crippen MR) is 88.0 cm³/mol. The highest BCUT2D eigenvalue weighted by atomic mass is 16.5. The summed E-state index contributed by atoms with van der Waals surface area (Å²) in [4.78, 5) is 37.1. The number of anilines is 1. The minimum absolute atomic E-state index is 0.237.